The van der Waals surface area contributed by atoms with Crippen LogP contribution in [0.25, 0.3) is 10.8 Å². The maximum Gasteiger partial charge on any atom is 0.329 e. The first kappa shape index (κ1) is 33.5. The Bertz CT molecular complexity index is 1820. The maximum atomic E-state index is 14.4. The number of anilines is 2. The van der Waals surface area contributed by atoms with E-state index in [1.54, 1.807) is 66.4 Å². The second-order valence-corrected chi connectivity index (χ2v) is 12.6. The van der Waals surface area contributed by atoms with Crippen LogP contribution < -0.4 is 14.9 Å². The number of ether oxygens (including phenoxy) is 1. The molecule has 45 heavy (non-hydrogen) atoms. The van der Waals surface area contributed by atoms with Gasteiger partial charge in [0.05, 0.1) is 17.2 Å². The number of carbonyl (C=O) groups is 2. The number of rotatable bonds is 10. The van der Waals surface area contributed by atoms with Gasteiger partial charge in [0.2, 0.25) is 5.91 Å². The Morgan fingerprint density at radius 1 is 1.02 bits per heavy atom. The third-order valence-corrected chi connectivity index (χ3v) is 9.85. The number of nitrogen functional groups attached to an aromatic ring is 1. The Morgan fingerprint density at radius 2 is 1.73 bits per heavy atom. The zero-order valence-corrected chi connectivity index (χ0v) is 26.9. The van der Waals surface area contributed by atoms with Gasteiger partial charge in [-0.1, -0.05) is 60.7 Å². The van der Waals surface area contributed by atoms with Gasteiger partial charge >= 0.3 is 5.97 Å². The highest BCUT2D eigenvalue weighted by Crippen LogP contribution is 2.36. The zero-order valence-electron chi connectivity index (χ0n) is 25.2. The quantitative estimate of drug-likeness (QED) is 0.131. The number of carbonyl (C=O) groups excluding carboxylic acids is 2. The van der Waals surface area contributed by atoms with Crippen molar-refractivity contribution in [2.45, 2.75) is 50.5 Å². The standard InChI is InChI=1S/C34H36N4O5S.ClH/c1-3-43-34(40)23(2)38(44(41,42)31-12-6-9-25-8-4-5-11-29(25)31)28-18-19-30-27(22-28)10-7-21-37(30)32(39)20-15-24-13-16-26(17-14-24)33(35)36;/h4-6,8-9,11-14,16-19,22-23H,3,7,10,15,20-21H2,1-2H3,(H3,35,36);1H. The molecule has 1 aliphatic heterocycles. The van der Waals surface area contributed by atoms with Gasteiger partial charge in [0.15, 0.2) is 0 Å². The molecule has 11 heteroatoms. The molecule has 0 spiro atoms. The number of amides is 1. The van der Waals surface area contributed by atoms with E-state index in [1.807, 2.05) is 30.3 Å². The number of sulfonamides is 1. The van der Waals surface area contributed by atoms with E-state index in [0.29, 0.717) is 42.4 Å². The number of nitrogens with one attached hydrogen (secondary N) is 1. The van der Waals surface area contributed by atoms with Crippen molar-refractivity contribution in [1.29, 1.82) is 5.41 Å². The second kappa shape index (κ2) is 14.1. The highest BCUT2D eigenvalue weighted by atomic mass is 35.5. The first-order chi connectivity index (χ1) is 21.1. The number of nitrogens with zero attached hydrogens (tertiary/aromatic N) is 2. The monoisotopic (exact) mass is 648 g/mol. The smallest absolute Gasteiger partial charge is 0.329 e. The number of esters is 1. The van der Waals surface area contributed by atoms with Crippen LogP contribution in [-0.4, -0.2) is 45.3 Å². The van der Waals surface area contributed by atoms with Crippen molar-refractivity contribution in [3.63, 3.8) is 0 Å². The van der Waals surface area contributed by atoms with E-state index in [0.717, 1.165) is 32.9 Å². The molecule has 4 aromatic carbocycles. The summed E-state index contributed by atoms with van der Waals surface area (Å²) in [5, 5.41) is 8.88. The molecule has 9 nitrogen and oxygen atoms in total. The van der Waals surface area contributed by atoms with E-state index < -0.39 is 22.0 Å². The molecule has 1 heterocycles. The van der Waals surface area contributed by atoms with Gasteiger partial charge in [-0.25, -0.2) is 13.2 Å². The summed E-state index contributed by atoms with van der Waals surface area (Å²) in [6.07, 6.45) is 2.21. The Kier molecular flexibility index (Phi) is 10.5. The summed E-state index contributed by atoms with van der Waals surface area (Å²) >= 11 is 0. The van der Waals surface area contributed by atoms with E-state index in [1.165, 1.54) is 6.92 Å². The second-order valence-electron chi connectivity index (χ2n) is 10.8. The van der Waals surface area contributed by atoms with E-state index in [4.69, 9.17) is 15.9 Å². The van der Waals surface area contributed by atoms with Crippen molar-refractivity contribution < 1.29 is 22.7 Å². The van der Waals surface area contributed by atoms with Gasteiger partial charge in [-0.2, -0.15) is 0 Å². The van der Waals surface area contributed by atoms with Crippen molar-refractivity contribution in [3.05, 3.63) is 102 Å². The first-order valence-electron chi connectivity index (χ1n) is 14.7. The molecule has 1 unspecified atom stereocenters. The predicted octanol–water partition coefficient (Wildman–Crippen LogP) is 5.60. The van der Waals surface area contributed by atoms with Crippen LogP contribution in [0.4, 0.5) is 11.4 Å². The normalized spacial score (nSPS) is 13.3. The van der Waals surface area contributed by atoms with Gasteiger partial charge in [-0.3, -0.25) is 14.5 Å². The van der Waals surface area contributed by atoms with E-state index in [9.17, 15) is 18.0 Å². The van der Waals surface area contributed by atoms with Crippen LogP contribution in [0.2, 0.25) is 0 Å². The first-order valence-corrected chi connectivity index (χ1v) is 16.1. The number of nitrogens with two attached hydrogens (primary N) is 1. The molecule has 0 saturated carbocycles. The lowest BCUT2D eigenvalue weighted by atomic mass is 9.99. The lowest BCUT2D eigenvalue weighted by Crippen LogP contribution is -2.44. The molecule has 1 amide bonds. The summed E-state index contributed by atoms with van der Waals surface area (Å²) < 4.78 is 35.1. The van der Waals surface area contributed by atoms with Gasteiger partial charge in [0.1, 0.15) is 11.9 Å². The van der Waals surface area contributed by atoms with Gasteiger partial charge in [-0.15, -0.1) is 12.4 Å². The van der Waals surface area contributed by atoms with Crippen LogP contribution in [-0.2, 0) is 37.2 Å². The van der Waals surface area contributed by atoms with E-state index >= 15 is 0 Å². The highest BCUT2D eigenvalue weighted by Gasteiger charge is 2.36. The Balaban J connectivity index is 0.00000461. The summed E-state index contributed by atoms with van der Waals surface area (Å²) in [5.74, 6) is -0.686. The number of aryl methyl sites for hydroxylation is 2. The van der Waals surface area contributed by atoms with Crippen LogP contribution in [0.5, 0.6) is 0 Å². The number of fused-ring (bicyclic) bond motifs is 2. The predicted molar refractivity (Wildman–Crippen MR) is 180 cm³/mol. The van der Waals surface area contributed by atoms with E-state index in [2.05, 4.69) is 0 Å². The van der Waals surface area contributed by atoms with Crippen LogP contribution >= 0.6 is 12.4 Å². The van der Waals surface area contributed by atoms with Crippen molar-refractivity contribution >= 4 is 62.3 Å². The van der Waals surface area contributed by atoms with Crippen molar-refractivity contribution in [2.24, 2.45) is 5.73 Å². The summed E-state index contributed by atoms with van der Waals surface area (Å²) in [5.41, 5.74) is 9.05. The number of amidine groups is 1. The highest BCUT2D eigenvalue weighted by molar-refractivity contribution is 7.93. The Hall–Kier alpha value is -4.41. The molecule has 0 saturated heterocycles. The van der Waals surface area contributed by atoms with Crippen LogP contribution in [0.3, 0.4) is 0 Å². The van der Waals surface area contributed by atoms with Crippen molar-refractivity contribution in [3.8, 4) is 0 Å². The third kappa shape index (κ3) is 6.97. The molecule has 0 bridgehead atoms. The Morgan fingerprint density at radius 3 is 2.44 bits per heavy atom. The summed E-state index contributed by atoms with van der Waals surface area (Å²) in [4.78, 5) is 28.2. The molecule has 0 radical (unpaired) electrons. The molecule has 1 aliphatic rings. The molecule has 0 aliphatic carbocycles. The van der Waals surface area contributed by atoms with Crippen molar-refractivity contribution in [1.82, 2.24) is 0 Å². The van der Waals surface area contributed by atoms with Crippen LogP contribution in [0, 0.1) is 5.41 Å². The fourth-order valence-electron chi connectivity index (χ4n) is 5.67. The summed E-state index contributed by atoms with van der Waals surface area (Å²) in [7, 11) is -4.22. The Labute approximate surface area is 269 Å². The fraction of sp³-hybridized carbons (Fsp3) is 0.265. The molecule has 5 rings (SSSR count). The van der Waals surface area contributed by atoms with E-state index in [-0.39, 0.29) is 35.7 Å². The van der Waals surface area contributed by atoms with Gasteiger partial charge in [0.25, 0.3) is 10.0 Å². The zero-order chi connectivity index (χ0) is 31.4. The molecule has 236 valence electrons. The minimum absolute atomic E-state index is 0. The lowest BCUT2D eigenvalue weighted by molar-refractivity contribution is -0.144. The number of hydrogen-bond acceptors (Lipinski definition) is 6. The lowest BCUT2D eigenvalue weighted by Gasteiger charge is -2.33. The molecule has 0 fully saturated rings. The molecular formula is C34H37ClN4O5S. The molecule has 0 aromatic heterocycles. The fourth-order valence-corrected chi connectivity index (χ4v) is 7.49. The third-order valence-electron chi connectivity index (χ3n) is 7.90. The van der Waals surface area contributed by atoms with Crippen molar-refractivity contribution in [2.75, 3.05) is 22.4 Å². The topological polar surface area (TPSA) is 134 Å². The number of benzene rings is 4. The SMILES string of the molecule is CCOC(=O)C(C)N(c1ccc2c(c1)CCCN2C(=O)CCc1ccc(C(=N)N)cc1)S(=O)(=O)c1cccc2ccccc12.Cl. The van der Waals surface area contributed by atoms with Gasteiger partial charge < -0.3 is 15.4 Å². The molecule has 4 aromatic rings. The largest absolute Gasteiger partial charge is 0.464 e. The minimum atomic E-state index is -4.22. The summed E-state index contributed by atoms with van der Waals surface area (Å²) in [6, 6.07) is 23.7. The average Bonchev–Trinajstić information content (AvgIpc) is 3.03. The molecular weight excluding hydrogens is 612 g/mol. The minimum Gasteiger partial charge on any atom is -0.464 e. The van der Waals surface area contributed by atoms with Crippen LogP contribution in [0.1, 0.15) is 43.4 Å². The molecule has 3 N–H and O–H groups in total. The number of hydrogen-bond donors (Lipinski definition) is 2. The number of halogens is 1. The average molecular weight is 649 g/mol. The van der Waals surface area contributed by atoms with Gasteiger partial charge in [0, 0.05) is 29.6 Å². The van der Waals surface area contributed by atoms with Gasteiger partial charge in [-0.05, 0) is 73.9 Å². The maximum absolute atomic E-state index is 14.4. The summed E-state index contributed by atoms with van der Waals surface area (Å²) in [6.45, 7) is 3.89. The molecule has 1 atom stereocenters. The van der Waals surface area contributed by atoms with Crippen LogP contribution in [0.15, 0.2) is 89.8 Å².